The summed E-state index contributed by atoms with van der Waals surface area (Å²) < 4.78 is 8.68. The lowest BCUT2D eigenvalue weighted by atomic mass is 10.1. The summed E-state index contributed by atoms with van der Waals surface area (Å²) in [4.78, 5) is 11.2. The van der Waals surface area contributed by atoms with Crippen LogP contribution >= 0.6 is 15.9 Å². The summed E-state index contributed by atoms with van der Waals surface area (Å²) in [6, 6.07) is 10.9. The van der Waals surface area contributed by atoms with E-state index in [2.05, 4.69) is 34.9 Å². The number of fused-ring (bicyclic) bond motifs is 1. The Balaban J connectivity index is 1.96. The molecule has 0 aliphatic rings. The predicted molar refractivity (Wildman–Crippen MR) is 100 cm³/mol. The van der Waals surface area contributed by atoms with Gasteiger partial charge in [0.2, 0.25) is 0 Å². The van der Waals surface area contributed by atoms with Crippen LogP contribution in [-0.4, -0.2) is 27.5 Å². The Labute approximate surface area is 154 Å². The topological polar surface area (TPSA) is 64.4 Å². The highest BCUT2D eigenvalue weighted by Gasteiger charge is 2.11. The van der Waals surface area contributed by atoms with Crippen molar-refractivity contribution >= 4 is 32.8 Å². The molecule has 0 amide bonds. The van der Waals surface area contributed by atoms with Crippen LogP contribution in [0.5, 0.6) is 5.75 Å². The van der Waals surface area contributed by atoms with Gasteiger partial charge >= 0.3 is 5.97 Å². The van der Waals surface area contributed by atoms with Gasteiger partial charge in [-0.3, -0.25) is 4.68 Å². The van der Waals surface area contributed by atoms with Crippen LogP contribution in [-0.2, 0) is 6.54 Å². The van der Waals surface area contributed by atoms with Gasteiger partial charge < -0.3 is 9.84 Å². The molecule has 2 aromatic carbocycles. The molecule has 0 aliphatic heterocycles. The van der Waals surface area contributed by atoms with Crippen molar-refractivity contribution in [3.05, 3.63) is 58.2 Å². The second-order valence-corrected chi connectivity index (χ2v) is 7.25. The summed E-state index contributed by atoms with van der Waals surface area (Å²) in [7, 11) is 0. The average molecular weight is 403 g/mol. The maximum Gasteiger partial charge on any atom is 0.335 e. The fourth-order valence-corrected chi connectivity index (χ4v) is 2.97. The maximum absolute atomic E-state index is 11.2. The van der Waals surface area contributed by atoms with Crippen molar-refractivity contribution in [2.45, 2.75) is 20.4 Å². The third kappa shape index (κ3) is 4.02. The van der Waals surface area contributed by atoms with Crippen molar-refractivity contribution in [3.8, 4) is 5.75 Å². The van der Waals surface area contributed by atoms with E-state index in [0.29, 0.717) is 19.1 Å². The minimum Gasteiger partial charge on any atom is -0.493 e. The normalized spacial score (nSPS) is 11.2. The molecule has 3 aromatic rings. The standard InChI is InChI=1S/C19H19BrN2O3/c1-12(2)11-25-18-6-5-16(20)7-15(18)10-22-17-8-13(19(23)24)3-4-14(17)9-21-22/h3-9,12H,10-11H2,1-2H3,(H,23,24). The minimum atomic E-state index is -0.946. The summed E-state index contributed by atoms with van der Waals surface area (Å²) in [5, 5.41) is 14.5. The van der Waals surface area contributed by atoms with Crippen LogP contribution in [0.2, 0.25) is 0 Å². The summed E-state index contributed by atoms with van der Waals surface area (Å²) >= 11 is 3.50. The molecule has 1 heterocycles. The van der Waals surface area contributed by atoms with Gasteiger partial charge in [0.15, 0.2) is 0 Å². The van der Waals surface area contributed by atoms with Gasteiger partial charge in [-0.25, -0.2) is 4.79 Å². The third-order valence-corrected chi connectivity index (χ3v) is 4.30. The molecule has 0 saturated heterocycles. The quantitative estimate of drug-likeness (QED) is 0.655. The molecule has 0 fully saturated rings. The monoisotopic (exact) mass is 402 g/mol. The fourth-order valence-electron chi connectivity index (χ4n) is 2.56. The number of aromatic nitrogens is 2. The number of rotatable bonds is 6. The van der Waals surface area contributed by atoms with Crippen molar-refractivity contribution < 1.29 is 14.6 Å². The number of carbonyl (C=O) groups is 1. The SMILES string of the molecule is CC(C)COc1ccc(Br)cc1Cn1ncc2ccc(C(=O)O)cc21. The lowest BCUT2D eigenvalue weighted by Gasteiger charge is -2.14. The number of carboxylic acid groups (broad SMARTS) is 1. The Bertz CT molecular complexity index is 918. The molecule has 0 aliphatic carbocycles. The number of nitrogens with zero attached hydrogens (tertiary/aromatic N) is 2. The number of ether oxygens (including phenoxy) is 1. The molecular formula is C19H19BrN2O3. The molecule has 5 nitrogen and oxygen atoms in total. The van der Waals surface area contributed by atoms with Crippen LogP contribution in [0.3, 0.4) is 0 Å². The zero-order valence-electron chi connectivity index (χ0n) is 14.1. The number of carboxylic acids is 1. The summed E-state index contributed by atoms with van der Waals surface area (Å²) in [6.45, 7) is 5.34. The first-order valence-corrected chi connectivity index (χ1v) is 8.83. The average Bonchev–Trinajstić information content (AvgIpc) is 2.96. The van der Waals surface area contributed by atoms with E-state index in [-0.39, 0.29) is 5.56 Å². The van der Waals surface area contributed by atoms with Gasteiger partial charge in [-0.15, -0.1) is 0 Å². The van der Waals surface area contributed by atoms with Gasteiger partial charge in [-0.2, -0.15) is 5.10 Å². The smallest absolute Gasteiger partial charge is 0.335 e. The Kier molecular flexibility index (Phi) is 5.08. The number of hydrogen-bond acceptors (Lipinski definition) is 3. The van der Waals surface area contributed by atoms with Crippen LogP contribution in [0.15, 0.2) is 47.1 Å². The van der Waals surface area contributed by atoms with E-state index in [1.54, 1.807) is 29.1 Å². The van der Waals surface area contributed by atoms with Gasteiger partial charge in [0, 0.05) is 15.4 Å². The Morgan fingerprint density at radius 3 is 2.80 bits per heavy atom. The Morgan fingerprint density at radius 2 is 2.08 bits per heavy atom. The van der Waals surface area contributed by atoms with Crippen molar-refractivity contribution in [1.29, 1.82) is 0 Å². The van der Waals surface area contributed by atoms with E-state index in [9.17, 15) is 9.90 Å². The van der Waals surface area contributed by atoms with Crippen molar-refractivity contribution in [2.75, 3.05) is 6.61 Å². The molecule has 1 N–H and O–H groups in total. The predicted octanol–water partition coefficient (Wildman–Crippen LogP) is 4.58. The lowest BCUT2D eigenvalue weighted by Crippen LogP contribution is -2.09. The number of halogens is 1. The summed E-state index contributed by atoms with van der Waals surface area (Å²) in [6.07, 6.45) is 1.74. The van der Waals surface area contributed by atoms with E-state index in [1.165, 1.54) is 0 Å². The highest BCUT2D eigenvalue weighted by atomic mass is 79.9. The van der Waals surface area contributed by atoms with E-state index < -0.39 is 5.97 Å². The molecule has 0 unspecified atom stereocenters. The van der Waals surface area contributed by atoms with E-state index in [1.807, 2.05) is 18.2 Å². The minimum absolute atomic E-state index is 0.250. The van der Waals surface area contributed by atoms with Crippen LogP contribution in [0.25, 0.3) is 10.9 Å². The highest BCUT2D eigenvalue weighted by molar-refractivity contribution is 9.10. The molecule has 3 rings (SSSR count). The van der Waals surface area contributed by atoms with Gasteiger partial charge in [0.05, 0.1) is 30.4 Å². The number of hydrogen-bond donors (Lipinski definition) is 1. The van der Waals surface area contributed by atoms with Gasteiger partial charge in [0.25, 0.3) is 0 Å². The second kappa shape index (κ2) is 7.27. The molecule has 0 spiro atoms. The first-order valence-electron chi connectivity index (χ1n) is 8.04. The molecule has 6 heteroatoms. The zero-order chi connectivity index (χ0) is 18.0. The molecule has 0 atom stereocenters. The van der Waals surface area contributed by atoms with Crippen molar-refractivity contribution in [3.63, 3.8) is 0 Å². The molecular weight excluding hydrogens is 384 g/mol. The van der Waals surface area contributed by atoms with Crippen LogP contribution in [0.1, 0.15) is 29.8 Å². The molecule has 0 bridgehead atoms. The first-order chi connectivity index (χ1) is 11.9. The summed E-state index contributed by atoms with van der Waals surface area (Å²) in [5.41, 5.74) is 2.02. The van der Waals surface area contributed by atoms with Gasteiger partial charge in [0.1, 0.15) is 5.75 Å². The number of benzene rings is 2. The van der Waals surface area contributed by atoms with Crippen molar-refractivity contribution in [1.82, 2.24) is 9.78 Å². The molecule has 1 aromatic heterocycles. The molecule has 0 radical (unpaired) electrons. The summed E-state index contributed by atoms with van der Waals surface area (Å²) in [5.74, 6) is 0.299. The van der Waals surface area contributed by atoms with Crippen LogP contribution < -0.4 is 4.74 Å². The Hall–Kier alpha value is -2.34. The molecule has 25 heavy (non-hydrogen) atoms. The van der Waals surface area contributed by atoms with Gasteiger partial charge in [-0.05, 0) is 36.2 Å². The zero-order valence-corrected chi connectivity index (χ0v) is 15.7. The van der Waals surface area contributed by atoms with E-state index >= 15 is 0 Å². The molecule has 0 saturated carbocycles. The fraction of sp³-hybridized carbons (Fsp3) is 0.263. The van der Waals surface area contributed by atoms with E-state index in [0.717, 1.165) is 26.7 Å². The van der Waals surface area contributed by atoms with Crippen LogP contribution in [0, 0.1) is 5.92 Å². The largest absolute Gasteiger partial charge is 0.493 e. The second-order valence-electron chi connectivity index (χ2n) is 6.34. The van der Waals surface area contributed by atoms with Gasteiger partial charge in [-0.1, -0.05) is 35.8 Å². The lowest BCUT2D eigenvalue weighted by molar-refractivity contribution is 0.0697. The third-order valence-electron chi connectivity index (χ3n) is 3.81. The molecule has 130 valence electrons. The van der Waals surface area contributed by atoms with E-state index in [4.69, 9.17) is 4.74 Å². The Morgan fingerprint density at radius 1 is 1.28 bits per heavy atom. The van der Waals surface area contributed by atoms with Crippen molar-refractivity contribution in [2.24, 2.45) is 5.92 Å². The highest BCUT2D eigenvalue weighted by Crippen LogP contribution is 2.26. The first kappa shape index (κ1) is 17.5. The maximum atomic E-state index is 11.2. The van der Waals surface area contributed by atoms with Crippen LogP contribution in [0.4, 0.5) is 0 Å². The number of aromatic carboxylic acids is 1.